The van der Waals surface area contributed by atoms with Gasteiger partial charge in [-0.25, -0.2) is 5.06 Å². The lowest BCUT2D eigenvalue weighted by molar-refractivity contribution is -0.157. The molecule has 1 N–H and O–H groups in total. The Kier molecular flexibility index (Phi) is 4.98. The Hall–Kier alpha value is -1.43. The number of carbonyl (C=O) groups excluding carboxylic acids is 3. The first-order chi connectivity index (χ1) is 10.0. The van der Waals surface area contributed by atoms with Crippen molar-refractivity contribution in [3.63, 3.8) is 0 Å². The summed E-state index contributed by atoms with van der Waals surface area (Å²) in [6.07, 6.45) is 6.52. The van der Waals surface area contributed by atoms with E-state index in [9.17, 15) is 19.6 Å². The van der Waals surface area contributed by atoms with E-state index in [0.717, 1.165) is 38.4 Å². The predicted molar refractivity (Wildman–Crippen MR) is 75.4 cm³/mol. The second-order valence-corrected chi connectivity index (χ2v) is 6.44. The Bertz CT molecular complexity index is 408. The summed E-state index contributed by atoms with van der Waals surface area (Å²) in [6, 6.07) is -0.340. The molecule has 6 heteroatoms. The van der Waals surface area contributed by atoms with Gasteiger partial charge in [0.15, 0.2) is 0 Å². The molecule has 6 nitrogen and oxygen atoms in total. The van der Waals surface area contributed by atoms with E-state index in [2.05, 4.69) is 0 Å². The first kappa shape index (κ1) is 15.9. The molecule has 0 aromatic rings. The van der Waals surface area contributed by atoms with E-state index in [4.69, 9.17) is 0 Å². The number of aldehydes is 1. The smallest absolute Gasteiger partial charge is 0.233 e. The number of hydroxylamine groups is 2. The summed E-state index contributed by atoms with van der Waals surface area (Å²) in [7, 11) is 0. The van der Waals surface area contributed by atoms with Crippen molar-refractivity contribution in [3.05, 3.63) is 0 Å². The first-order valence-electron chi connectivity index (χ1n) is 7.72. The number of nitrogens with zero attached hydrogens (tertiary/aromatic N) is 2. The molecule has 0 aromatic heterocycles. The third-order valence-electron chi connectivity index (χ3n) is 4.73. The van der Waals surface area contributed by atoms with Crippen molar-refractivity contribution >= 4 is 18.6 Å². The Morgan fingerprint density at radius 3 is 2.71 bits per heavy atom. The quantitative estimate of drug-likeness (QED) is 0.415. The van der Waals surface area contributed by atoms with Crippen molar-refractivity contribution < 1.29 is 19.6 Å². The lowest BCUT2D eigenvalue weighted by Gasteiger charge is -2.27. The molecule has 1 spiro atoms. The summed E-state index contributed by atoms with van der Waals surface area (Å²) in [5, 5.41) is 9.91. The molecular weight excluding hydrogens is 272 g/mol. The molecule has 1 aliphatic carbocycles. The van der Waals surface area contributed by atoms with Crippen molar-refractivity contribution in [1.82, 2.24) is 9.96 Å². The summed E-state index contributed by atoms with van der Waals surface area (Å²) < 4.78 is 0. The molecule has 1 saturated heterocycles. The topological polar surface area (TPSA) is 77.9 Å². The third kappa shape index (κ3) is 3.61. The Morgan fingerprint density at radius 1 is 1.48 bits per heavy atom. The van der Waals surface area contributed by atoms with Gasteiger partial charge in [-0.05, 0) is 31.1 Å². The lowest BCUT2D eigenvalue weighted by atomic mass is 10.00. The van der Waals surface area contributed by atoms with Gasteiger partial charge >= 0.3 is 0 Å². The lowest BCUT2D eigenvalue weighted by Crippen LogP contribution is -2.44. The molecule has 2 fully saturated rings. The van der Waals surface area contributed by atoms with Crippen molar-refractivity contribution in [2.45, 2.75) is 51.5 Å². The zero-order valence-corrected chi connectivity index (χ0v) is 12.5. The summed E-state index contributed by atoms with van der Waals surface area (Å²) in [5.41, 5.74) is 0.167. The molecule has 2 rings (SSSR count). The number of likely N-dealkylation sites (tertiary alicyclic amines) is 1. The molecule has 0 bridgehead atoms. The fraction of sp³-hybridized carbons (Fsp3) is 0.800. The Morgan fingerprint density at radius 2 is 2.19 bits per heavy atom. The second-order valence-electron chi connectivity index (χ2n) is 6.44. The summed E-state index contributed by atoms with van der Waals surface area (Å²) in [6.45, 7) is 2.67. The average Bonchev–Trinajstić information content (AvgIpc) is 3.13. The van der Waals surface area contributed by atoms with Crippen LogP contribution >= 0.6 is 0 Å². The largest absolute Gasteiger partial charge is 0.332 e. The molecule has 1 heterocycles. The molecule has 1 aliphatic heterocycles. The van der Waals surface area contributed by atoms with Crippen LogP contribution in [0.5, 0.6) is 0 Å². The minimum Gasteiger partial charge on any atom is -0.332 e. The molecule has 2 atom stereocenters. The zero-order chi connectivity index (χ0) is 15.5. The van der Waals surface area contributed by atoms with Crippen LogP contribution in [0, 0.1) is 11.3 Å². The maximum absolute atomic E-state index is 12.7. The first-order valence-corrected chi connectivity index (χ1v) is 7.72. The monoisotopic (exact) mass is 296 g/mol. The van der Waals surface area contributed by atoms with Gasteiger partial charge in [0, 0.05) is 6.54 Å². The van der Waals surface area contributed by atoms with Crippen LogP contribution in [0.3, 0.4) is 0 Å². The number of rotatable bonds is 8. The number of hydrogen-bond acceptors (Lipinski definition) is 4. The van der Waals surface area contributed by atoms with Crippen LogP contribution in [0.4, 0.5) is 0 Å². The number of unbranched alkanes of at least 4 members (excludes halogenated alkanes) is 1. The average molecular weight is 296 g/mol. The number of carbonyl (C=O) groups is 3. The fourth-order valence-corrected chi connectivity index (χ4v) is 3.25. The molecular formula is C15H24N2O4. The maximum atomic E-state index is 12.7. The minimum absolute atomic E-state index is 0.00257. The van der Waals surface area contributed by atoms with Crippen molar-refractivity contribution in [2.75, 3.05) is 13.1 Å². The fourth-order valence-electron chi connectivity index (χ4n) is 3.25. The highest BCUT2D eigenvalue weighted by Crippen LogP contribution is 2.54. The van der Waals surface area contributed by atoms with Gasteiger partial charge in [0.2, 0.25) is 12.3 Å². The third-order valence-corrected chi connectivity index (χ3v) is 4.73. The highest BCUT2D eigenvalue weighted by Gasteiger charge is 2.53. The van der Waals surface area contributed by atoms with E-state index < -0.39 is 5.92 Å². The minimum atomic E-state index is -0.434. The normalized spacial score (nSPS) is 23.9. The standard InChI is InChI=1S/C15H24N2O4/c1-2-3-4-12(8-16(21)11-19)14(20)17-10-15(5-6-15)7-13(17)9-18/h9,11-13,21H,2-8,10H2,1H3/t12-,13+/m1/s1. The van der Waals surface area contributed by atoms with Crippen molar-refractivity contribution in [3.8, 4) is 0 Å². The van der Waals surface area contributed by atoms with E-state index in [0.29, 0.717) is 24.4 Å². The van der Waals surface area contributed by atoms with Crippen LogP contribution in [0.2, 0.25) is 0 Å². The molecule has 0 radical (unpaired) electrons. The summed E-state index contributed by atoms with van der Waals surface area (Å²) in [5.74, 6) is -0.540. The summed E-state index contributed by atoms with van der Waals surface area (Å²) in [4.78, 5) is 36.2. The van der Waals surface area contributed by atoms with Gasteiger partial charge in [0.05, 0.1) is 18.5 Å². The van der Waals surface area contributed by atoms with Crippen LogP contribution in [0.15, 0.2) is 0 Å². The van der Waals surface area contributed by atoms with Crippen LogP contribution < -0.4 is 0 Å². The van der Waals surface area contributed by atoms with Crippen LogP contribution in [0.25, 0.3) is 0 Å². The van der Waals surface area contributed by atoms with Gasteiger partial charge in [0.25, 0.3) is 0 Å². The van der Waals surface area contributed by atoms with Crippen LogP contribution in [-0.4, -0.2) is 52.9 Å². The van der Waals surface area contributed by atoms with Gasteiger partial charge in [-0.3, -0.25) is 14.8 Å². The maximum Gasteiger partial charge on any atom is 0.233 e. The van der Waals surface area contributed by atoms with Gasteiger partial charge in [-0.1, -0.05) is 19.8 Å². The second kappa shape index (κ2) is 6.56. The molecule has 118 valence electrons. The SMILES string of the molecule is CCCC[C@H](CN(O)C=O)C(=O)N1CC2(CC2)C[C@H]1C=O. The van der Waals surface area contributed by atoms with Gasteiger partial charge < -0.3 is 9.69 Å². The molecule has 2 aliphatic rings. The van der Waals surface area contributed by atoms with Crippen LogP contribution in [0.1, 0.15) is 45.4 Å². The Labute approximate surface area is 125 Å². The number of amides is 2. The van der Waals surface area contributed by atoms with Crippen LogP contribution in [-0.2, 0) is 14.4 Å². The van der Waals surface area contributed by atoms with Gasteiger partial charge in [-0.2, -0.15) is 0 Å². The molecule has 2 amide bonds. The van der Waals surface area contributed by atoms with Crippen molar-refractivity contribution in [2.24, 2.45) is 11.3 Å². The van der Waals surface area contributed by atoms with Gasteiger partial charge in [0.1, 0.15) is 6.29 Å². The van der Waals surface area contributed by atoms with E-state index >= 15 is 0 Å². The molecule has 1 saturated carbocycles. The predicted octanol–water partition coefficient (Wildman–Crippen LogP) is 1.22. The Balaban J connectivity index is 2.04. The van der Waals surface area contributed by atoms with Gasteiger partial charge in [-0.15, -0.1) is 0 Å². The highest BCUT2D eigenvalue weighted by molar-refractivity contribution is 5.83. The highest BCUT2D eigenvalue weighted by atomic mass is 16.5. The van der Waals surface area contributed by atoms with E-state index in [1.807, 2.05) is 6.92 Å². The molecule has 21 heavy (non-hydrogen) atoms. The van der Waals surface area contributed by atoms with E-state index in [1.165, 1.54) is 0 Å². The zero-order valence-electron chi connectivity index (χ0n) is 12.5. The molecule has 0 unspecified atom stereocenters. The number of hydrogen-bond donors (Lipinski definition) is 1. The van der Waals surface area contributed by atoms with E-state index in [-0.39, 0.29) is 23.9 Å². The van der Waals surface area contributed by atoms with E-state index in [1.54, 1.807) is 4.90 Å². The van der Waals surface area contributed by atoms with Crippen molar-refractivity contribution in [1.29, 1.82) is 0 Å². The molecule has 0 aromatic carbocycles. The summed E-state index contributed by atoms with van der Waals surface area (Å²) >= 11 is 0.